The average molecular weight is 826 g/mol. The number of nitrogens with one attached hydrogen (secondary N) is 2. The van der Waals surface area contributed by atoms with Gasteiger partial charge in [-0.15, -0.1) is 6.58 Å². The van der Waals surface area contributed by atoms with Gasteiger partial charge >= 0.3 is 10.2 Å². The summed E-state index contributed by atoms with van der Waals surface area (Å²) in [6, 6.07) is -1.53. The zero-order valence-electron chi connectivity index (χ0n) is 36.4. The smallest absolute Gasteiger partial charge is 0.303 e. The lowest BCUT2D eigenvalue weighted by atomic mass is 9.73. The predicted molar refractivity (Wildman–Crippen MR) is 222 cm³/mol. The Morgan fingerprint density at radius 2 is 1.52 bits per heavy atom. The van der Waals surface area contributed by atoms with E-state index >= 15 is 4.79 Å². The summed E-state index contributed by atoms with van der Waals surface area (Å²) in [5.41, 5.74) is -2.21. The first-order valence-electron chi connectivity index (χ1n) is 22.5. The summed E-state index contributed by atoms with van der Waals surface area (Å²) in [4.78, 5) is 76.6. The maximum Gasteiger partial charge on any atom is 0.303 e. The number of carbonyl (C=O) groups is 5. The van der Waals surface area contributed by atoms with Gasteiger partial charge in [0.15, 0.2) is 11.6 Å². The van der Waals surface area contributed by atoms with E-state index in [1.54, 1.807) is 11.0 Å². The van der Waals surface area contributed by atoms with Gasteiger partial charge in [0.05, 0.1) is 23.5 Å². The largest absolute Gasteiger partial charge is 0.345 e. The summed E-state index contributed by atoms with van der Waals surface area (Å²) in [6.07, 6.45) is 12.3. The number of allylic oxidation sites excluding steroid dienone is 1. The number of likely N-dealkylation sites (tertiary alicyclic amines) is 2. The van der Waals surface area contributed by atoms with Crippen molar-refractivity contribution in [3.63, 3.8) is 0 Å². The van der Waals surface area contributed by atoms with E-state index in [0.717, 1.165) is 77.2 Å². The molecule has 0 bridgehead atoms. The van der Waals surface area contributed by atoms with E-state index in [0.29, 0.717) is 32.5 Å². The summed E-state index contributed by atoms with van der Waals surface area (Å²) >= 11 is 0. The number of rotatable bonds is 15. The second-order valence-corrected chi connectivity index (χ2v) is 23.0. The lowest BCUT2D eigenvalue weighted by Crippen LogP contribution is -2.54. The Balaban J connectivity index is 1.15. The van der Waals surface area contributed by atoms with Gasteiger partial charge in [-0.2, -0.15) is 12.7 Å². The van der Waals surface area contributed by atoms with Crippen LogP contribution in [0.25, 0.3) is 0 Å². The van der Waals surface area contributed by atoms with Gasteiger partial charge in [0.2, 0.25) is 17.7 Å². The highest BCUT2D eigenvalue weighted by Crippen LogP contribution is 2.88. The van der Waals surface area contributed by atoms with Crippen LogP contribution in [0.5, 0.6) is 0 Å². The molecule has 3 saturated heterocycles. The van der Waals surface area contributed by atoms with Crippen LogP contribution in [0.1, 0.15) is 145 Å². The maximum absolute atomic E-state index is 15.3. The number of amides is 3. The van der Waals surface area contributed by atoms with Gasteiger partial charge in [0, 0.05) is 49.9 Å². The fourth-order valence-corrected chi connectivity index (χ4v) is 14.2. The normalized spacial score (nSPS) is 33.0. The minimum Gasteiger partial charge on any atom is -0.345 e. The number of hydrogen-bond donors (Lipinski definition) is 2. The van der Waals surface area contributed by atoms with Crippen molar-refractivity contribution < 1.29 is 32.4 Å². The fourth-order valence-electron chi connectivity index (χ4n) is 12.9. The molecule has 2 spiro atoms. The van der Waals surface area contributed by atoms with Gasteiger partial charge in [-0.25, -0.2) is 4.72 Å². The van der Waals surface area contributed by atoms with Crippen molar-refractivity contribution in [1.29, 1.82) is 0 Å². The van der Waals surface area contributed by atoms with Gasteiger partial charge in [0.25, 0.3) is 0 Å². The third kappa shape index (κ3) is 7.12. The quantitative estimate of drug-likeness (QED) is 0.204. The lowest BCUT2D eigenvalue weighted by Gasteiger charge is -2.37. The minimum atomic E-state index is -4.06. The van der Waals surface area contributed by atoms with Crippen LogP contribution in [0.4, 0.5) is 0 Å². The standard InChI is InChI=1S/C45H71N5O7S/c1-9-31-25-43(31,40(55)47-58(56,57)48-21-12-13-22-48)27-36(52)34-26-45(42(7,8)44(45)19-15-20-44)28-50(34)39(54)32(41(4,5)6)24-35(51)37(30-16-10-11-17-30)46-38(53)33-18-14-23-49(33)29(2)3/h9,29-34,37H,1,10-28H2,2-8H3,(H,46,53)(H,47,55)/t31-,32-,33+,34+,37+,43-,45-/m1/s1. The van der Waals surface area contributed by atoms with E-state index in [1.165, 1.54) is 4.31 Å². The maximum atomic E-state index is 15.3. The van der Waals surface area contributed by atoms with Crippen LogP contribution in [0, 0.1) is 44.8 Å². The van der Waals surface area contributed by atoms with Crippen LogP contribution in [0.2, 0.25) is 0 Å². The second-order valence-electron chi connectivity index (χ2n) is 21.3. The molecule has 7 aliphatic rings. The van der Waals surface area contributed by atoms with Gasteiger partial charge in [0.1, 0.15) is 0 Å². The number of ketones is 2. The SMILES string of the molecule is C=C[C@@H]1C[C@]1(CC(=O)[C@@H]1C[C@@]2(CN1C(=O)[C@@H](CC(=O)[C@@H](NC(=O)[C@@H]1CCCN1C(C)C)C1CCCC1)C(C)(C)C)C(C)(C)C21CCC1)C(=O)NS(=O)(=O)N1CCCC1. The Morgan fingerprint density at radius 3 is 2.05 bits per heavy atom. The first kappa shape index (κ1) is 43.4. The Labute approximate surface area is 347 Å². The Hall–Kier alpha value is -2.64. The average Bonchev–Trinajstić information content (AvgIpc) is 3.69. The molecule has 4 saturated carbocycles. The molecule has 2 N–H and O–H groups in total. The van der Waals surface area contributed by atoms with E-state index in [-0.39, 0.29) is 76.4 Å². The Kier molecular flexibility index (Phi) is 11.5. The molecule has 4 aliphatic carbocycles. The summed E-state index contributed by atoms with van der Waals surface area (Å²) in [5.74, 6) is -2.45. The lowest BCUT2D eigenvalue weighted by molar-refractivity contribution is -0.147. The number of fused-ring (bicyclic) bond motifs is 1. The molecular weight excluding hydrogens is 755 g/mol. The van der Waals surface area contributed by atoms with Crippen molar-refractivity contribution in [3.8, 4) is 0 Å². The highest BCUT2D eigenvalue weighted by atomic mass is 32.2. The highest BCUT2D eigenvalue weighted by Gasteiger charge is 2.85. The predicted octanol–water partition coefficient (Wildman–Crippen LogP) is 5.56. The van der Waals surface area contributed by atoms with Crippen LogP contribution >= 0.6 is 0 Å². The molecule has 13 heteroatoms. The van der Waals surface area contributed by atoms with Crippen molar-refractivity contribution in [2.45, 2.75) is 169 Å². The molecule has 0 aromatic carbocycles. The fraction of sp³-hybridized carbons (Fsp3) is 0.844. The molecule has 3 amide bonds. The zero-order valence-corrected chi connectivity index (χ0v) is 37.2. The van der Waals surface area contributed by atoms with E-state index in [1.807, 2.05) is 20.8 Å². The molecule has 3 heterocycles. The molecule has 324 valence electrons. The van der Waals surface area contributed by atoms with Crippen LogP contribution in [0.15, 0.2) is 12.7 Å². The summed E-state index contributed by atoms with van der Waals surface area (Å²) in [6.45, 7) is 20.5. The molecule has 3 aliphatic heterocycles. The van der Waals surface area contributed by atoms with Gasteiger partial charge in [-0.3, -0.25) is 28.9 Å². The summed E-state index contributed by atoms with van der Waals surface area (Å²) in [5, 5.41) is 3.22. The van der Waals surface area contributed by atoms with E-state index < -0.39 is 44.9 Å². The topological polar surface area (TPSA) is 153 Å². The van der Waals surface area contributed by atoms with Crippen LogP contribution in [-0.4, -0.2) is 102 Å². The van der Waals surface area contributed by atoms with Gasteiger partial charge in [-0.1, -0.05) is 60.0 Å². The molecule has 0 unspecified atom stereocenters. The van der Waals surface area contributed by atoms with Crippen LogP contribution in [-0.2, 0) is 34.2 Å². The second kappa shape index (κ2) is 15.4. The molecular formula is C45H71N5O7S. The molecule has 7 atom stereocenters. The van der Waals surface area contributed by atoms with E-state index in [4.69, 9.17) is 0 Å². The molecule has 0 aromatic heterocycles. The number of Topliss-reactive ketones (excluding diaryl/α,β-unsaturated/α-hetero) is 2. The molecule has 7 fully saturated rings. The first-order valence-corrected chi connectivity index (χ1v) is 24.0. The van der Waals surface area contributed by atoms with Crippen LogP contribution < -0.4 is 10.0 Å². The van der Waals surface area contributed by atoms with Crippen LogP contribution in [0.3, 0.4) is 0 Å². The third-order valence-corrected chi connectivity index (χ3v) is 18.5. The molecule has 0 radical (unpaired) electrons. The van der Waals surface area contributed by atoms with Crippen molar-refractivity contribution >= 4 is 39.5 Å². The van der Waals surface area contributed by atoms with E-state index in [9.17, 15) is 27.6 Å². The molecule has 12 nitrogen and oxygen atoms in total. The Morgan fingerprint density at radius 1 is 0.862 bits per heavy atom. The summed E-state index contributed by atoms with van der Waals surface area (Å²) in [7, 11) is -4.06. The molecule has 58 heavy (non-hydrogen) atoms. The number of nitrogens with zero attached hydrogens (tertiary/aromatic N) is 3. The monoisotopic (exact) mass is 826 g/mol. The van der Waals surface area contributed by atoms with Gasteiger partial charge < -0.3 is 10.2 Å². The molecule has 0 aromatic rings. The zero-order chi connectivity index (χ0) is 42.2. The Bertz CT molecular complexity index is 1790. The number of hydrogen-bond acceptors (Lipinski definition) is 8. The van der Waals surface area contributed by atoms with Crippen molar-refractivity contribution in [1.82, 2.24) is 24.1 Å². The molecule has 7 rings (SSSR count). The van der Waals surface area contributed by atoms with E-state index in [2.05, 4.69) is 49.2 Å². The van der Waals surface area contributed by atoms with Crippen molar-refractivity contribution in [2.75, 3.05) is 26.2 Å². The van der Waals surface area contributed by atoms with Gasteiger partial charge in [-0.05, 0) is 113 Å². The van der Waals surface area contributed by atoms with Crippen molar-refractivity contribution in [2.24, 2.45) is 44.8 Å². The third-order valence-electron chi connectivity index (χ3n) is 17.0. The minimum absolute atomic E-state index is 0.0177. The highest BCUT2D eigenvalue weighted by molar-refractivity contribution is 7.87. The first-order chi connectivity index (χ1) is 27.2. The summed E-state index contributed by atoms with van der Waals surface area (Å²) < 4.78 is 30.0. The number of carbonyl (C=O) groups excluding carboxylic acids is 5. The van der Waals surface area contributed by atoms with Crippen molar-refractivity contribution in [3.05, 3.63) is 12.7 Å².